The van der Waals surface area contributed by atoms with Crippen LogP contribution in [-0.2, 0) is 14.6 Å². The molecule has 1 aromatic rings. The third kappa shape index (κ3) is 5.48. The Kier molecular flexibility index (Phi) is 6.98. The Labute approximate surface area is 121 Å². The summed E-state index contributed by atoms with van der Waals surface area (Å²) < 4.78 is 28.7. The molecule has 0 saturated heterocycles. The van der Waals surface area contributed by atoms with Crippen molar-refractivity contribution < 1.29 is 13.2 Å². The lowest BCUT2D eigenvalue weighted by molar-refractivity contribution is 0.178. The van der Waals surface area contributed by atoms with E-state index in [0.29, 0.717) is 17.9 Å². The van der Waals surface area contributed by atoms with E-state index < -0.39 is 9.84 Å². The number of nitrogens with two attached hydrogens (primary N) is 1. The summed E-state index contributed by atoms with van der Waals surface area (Å²) in [5.74, 6) is 0.186. The maximum Gasteiger partial charge on any atom is 0.178 e. The largest absolute Gasteiger partial charge is 0.385 e. The molecule has 20 heavy (non-hydrogen) atoms. The molecule has 0 fully saturated rings. The molecule has 3 N–H and O–H groups in total. The summed E-state index contributed by atoms with van der Waals surface area (Å²) in [4.78, 5) is 0.376. The van der Waals surface area contributed by atoms with Crippen molar-refractivity contribution in [2.75, 3.05) is 31.3 Å². The fourth-order valence-corrected chi connectivity index (χ4v) is 3.19. The lowest BCUT2D eigenvalue weighted by atomic mass is 10.2. The van der Waals surface area contributed by atoms with Gasteiger partial charge >= 0.3 is 0 Å². The minimum Gasteiger partial charge on any atom is -0.385 e. The van der Waals surface area contributed by atoms with Gasteiger partial charge in [0, 0.05) is 25.4 Å². The van der Waals surface area contributed by atoms with Gasteiger partial charge in [-0.2, -0.15) is 0 Å². The van der Waals surface area contributed by atoms with E-state index in [1.807, 2.05) is 6.92 Å². The highest BCUT2D eigenvalue weighted by molar-refractivity contribution is 7.91. The Balaban J connectivity index is 2.51. The molecule has 0 aliphatic heterocycles. The van der Waals surface area contributed by atoms with Gasteiger partial charge in [0.05, 0.1) is 17.3 Å². The minimum atomic E-state index is -3.13. The van der Waals surface area contributed by atoms with E-state index in [2.05, 4.69) is 5.32 Å². The number of methoxy groups -OCH3 is 1. The second-order valence-electron chi connectivity index (χ2n) is 4.77. The van der Waals surface area contributed by atoms with Crippen LogP contribution in [0.4, 0.5) is 5.69 Å². The first-order valence-electron chi connectivity index (χ1n) is 6.80. The topological polar surface area (TPSA) is 81.4 Å². The van der Waals surface area contributed by atoms with Crippen molar-refractivity contribution in [3.8, 4) is 0 Å². The fraction of sp³-hybridized carbons (Fsp3) is 0.571. The summed E-state index contributed by atoms with van der Waals surface area (Å²) in [6, 6.07) is 6.86. The van der Waals surface area contributed by atoms with Gasteiger partial charge in [0.2, 0.25) is 0 Å². The second kappa shape index (κ2) is 8.24. The number of anilines is 1. The van der Waals surface area contributed by atoms with Crippen LogP contribution in [0.5, 0.6) is 0 Å². The molecule has 1 aromatic carbocycles. The van der Waals surface area contributed by atoms with Gasteiger partial charge < -0.3 is 15.8 Å². The van der Waals surface area contributed by atoms with Crippen molar-refractivity contribution in [1.82, 2.24) is 0 Å². The summed E-state index contributed by atoms with van der Waals surface area (Å²) in [5, 5.41) is 3.21. The smallest absolute Gasteiger partial charge is 0.178 e. The lowest BCUT2D eigenvalue weighted by Gasteiger charge is -2.12. The molecule has 0 heterocycles. The first-order valence-corrected chi connectivity index (χ1v) is 8.46. The molecular weight excluding hydrogens is 276 g/mol. The standard InChI is InChI=1S/C14H24N2O3S/c1-3-10-20(17,18)14-6-4-13(5-7-14)16-9-8-12(15)11-19-2/h4-7,12,16H,3,8-11,15H2,1-2H3. The predicted molar refractivity (Wildman–Crippen MR) is 81.7 cm³/mol. The van der Waals surface area contributed by atoms with E-state index in [0.717, 1.165) is 18.7 Å². The second-order valence-corrected chi connectivity index (χ2v) is 6.88. The first-order chi connectivity index (χ1) is 9.49. The fourth-order valence-electron chi connectivity index (χ4n) is 1.87. The van der Waals surface area contributed by atoms with Crippen LogP contribution in [0.1, 0.15) is 19.8 Å². The number of hydrogen-bond donors (Lipinski definition) is 2. The number of hydrogen-bond acceptors (Lipinski definition) is 5. The highest BCUT2D eigenvalue weighted by atomic mass is 32.2. The van der Waals surface area contributed by atoms with E-state index in [9.17, 15) is 8.42 Å². The lowest BCUT2D eigenvalue weighted by Crippen LogP contribution is -2.28. The molecule has 0 radical (unpaired) electrons. The van der Waals surface area contributed by atoms with Gasteiger partial charge in [-0.3, -0.25) is 0 Å². The number of sulfone groups is 1. The first kappa shape index (κ1) is 16.9. The Morgan fingerprint density at radius 2 is 1.95 bits per heavy atom. The van der Waals surface area contributed by atoms with Crippen LogP contribution < -0.4 is 11.1 Å². The van der Waals surface area contributed by atoms with Crippen LogP contribution in [-0.4, -0.2) is 40.5 Å². The molecule has 1 rings (SSSR count). The number of benzene rings is 1. The van der Waals surface area contributed by atoms with Crippen molar-refractivity contribution in [2.24, 2.45) is 5.73 Å². The maximum atomic E-state index is 11.9. The normalized spacial score (nSPS) is 13.2. The van der Waals surface area contributed by atoms with Gasteiger partial charge in [-0.05, 0) is 37.1 Å². The minimum absolute atomic E-state index is 0.0108. The van der Waals surface area contributed by atoms with Crippen LogP contribution in [0.25, 0.3) is 0 Å². The number of ether oxygens (including phenoxy) is 1. The molecule has 0 bridgehead atoms. The molecular formula is C14H24N2O3S. The van der Waals surface area contributed by atoms with E-state index >= 15 is 0 Å². The van der Waals surface area contributed by atoms with Crippen molar-refractivity contribution in [2.45, 2.75) is 30.7 Å². The molecule has 6 heteroatoms. The van der Waals surface area contributed by atoms with Crippen LogP contribution in [0, 0.1) is 0 Å². The average Bonchev–Trinajstić information content (AvgIpc) is 2.39. The van der Waals surface area contributed by atoms with Crippen molar-refractivity contribution in [3.05, 3.63) is 24.3 Å². The summed E-state index contributed by atoms with van der Waals surface area (Å²) in [6.45, 7) is 3.12. The maximum absolute atomic E-state index is 11.9. The van der Waals surface area contributed by atoms with Gasteiger partial charge in [0.25, 0.3) is 0 Å². The Hall–Kier alpha value is -1.11. The molecule has 0 aromatic heterocycles. The van der Waals surface area contributed by atoms with Gasteiger partial charge in [-0.15, -0.1) is 0 Å². The average molecular weight is 300 g/mol. The molecule has 0 aliphatic rings. The number of nitrogens with one attached hydrogen (secondary N) is 1. The molecule has 0 amide bonds. The summed E-state index contributed by atoms with van der Waals surface area (Å²) >= 11 is 0. The highest BCUT2D eigenvalue weighted by Gasteiger charge is 2.12. The Morgan fingerprint density at radius 1 is 1.30 bits per heavy atom. The van der Waals surface area contributed by atoms with Crippen LogP contribution >= 0.6 is 0 Å². The third-order valence-corrected chi connectivity index (χ3v) is 4.85. The van der Waals surface area contributed by atoms with Gasteiger partial charge in [0.1, 0.15) is 0 Å². The molecule has 5 nitrogen and oxygen atoms in total. The van der Waals surface area contributed by atoms with Gasteiger partial charge in [0.15, 0.2) is 9.84 Å². The van der Waals surface area contributed by atoms with E-state index in [1.54, 1.807) is 31.4 Å². The highest BCUT2D eigenvalue weighted by Crippen LogP contribution is 2.16. The molecule has 0 spiro atoms. The van der Waals surface area contributed by atoms with Crippen LogP contribution in [0.2, 0.25) is 0 Å². The molecule has 114 valence electrons. The Morgan fingerprint density at radius 3 is 2.50 bits per heavy atom. The van der Waals surface area contributed by atoms with Crippen molar-refractivity contribution in [3.63, 3.8) is 0 Å². The third-order valence-electron chi connectivity index (χ3n) is 2.91. The van der Waals surface area contributed by atoms with E-state index in [4.69, 9.17) is 10.5 Å². The van der Waals surface area contributed by atoms with Crippen LogP contribution in [0.15, 0.2) is 29.2 Å². The molecule has 1 atom stereocenters. The molecule has 0 aliphatic carbocycles. The summed E-state index contributed by atoms with van der Waals surface area (Å²) in [7, 11) is -1.50. The number of rotatable bonds is 9. The molecule has 1 unspecified atom stereocenters. The van der Waals surface area contributed by atoms with Crippen molar-refractivity contribution >= 4 is 15.5 Å². The summed E-state index contributed by atoms with van der Waals surface area (Å²) in [5.41, 5.74) is 6.71. The molecule has 0 saturated carbocycles. The summed E-state index contributed by atoms with van der Waals surface area (Å²) in [6.07, 6.45) is 1.42. The zero-order chi connectivity index (χ0) is 15.0. The Bertz CT molecular complexity index is 486. The zero-order valence-electron chi connectivity index (χ0n) is 12.1. The van der Waals surface area contributed by atoms with Crippen molar-refractivity contribution in [1.29, 1.82) is 0 Å². The SMILES string of the molecule is CCCS(=O)(=O)c1ccc(NCCC(N)COC)cc1. The monoisotopic (exact) mass is 300 g/mol. The van der Waals surface area contributed by atoms with E-state index in [1.165, 1.54) is 0 Å². The van der Waals surface area contributed by atoms with Gasteiger partial charge in [-0.1, -0.05) is 6.92 Å². The van der Waals surface area contributed by atoms with E-state index in [-0.39, 0.29) is 11.8 Å². The zero-order valence-corrected chi connectivity index (χ0v) is 12.9. The van der Waals surface area contributed by atoms with Gasteiger partial charge in [-0.25, -0.2) is 8.42 Å². The quantitative estimate of drug-likeness (QED) is 0.724. The predicted octanol–water partition coefficient (Wildman–Crippen LogP) is 1.65. The van der Waals surface area contributed by atoms with Crippen LogP contribution in [0.3, 0.4) is 0 Å².